The minimum atomic E-state index is 0.0988. The van der Waals surface area contributed by atoms with Gasteiger partial charge in [0.05, 0.1) is 5.69 Å². The first kappa shape index (κ1) is 19.7. The van der Waals surface area contributed by atoms with Gasteiger partial charge in [-0.15, -0.1) is 11.3 Å². The van der Waals surface area contributed by atoms with Gasteiger partial charge in [-0.3, -0.25) is 9.59 Å². The topological polar surface area (TPSA) is 65.5 Å². The average molecular weight is 405 g/mol. The number of piperazine rings is 1. The van der Waals surface area contributed by atoms with Crippen LogP contribution in [0.15, 0.2) is 0 Å². The molecular formula is C21H32N4O2S. The number of aryl methyl sites for hydroxylation is 1. The summed E-state index contributed by atoms with van der Waals surface area (Å²) in [4.78, 5) is 35.0. The van der Waals surface area contributed by atoms with Crippen molar-refractivity contribution < 1.29 is 9.59 Å². The quantitative estimate of drug-likeness (QED) is 0.838. The van der Waals surface area contributed by atoms with Gasteiger partial charge in [0.25, 0.3) is 0 Å². The number of hydrogen-bond acceptors (Lipinski definition) is 5. The van der Waals surface area contributed by atoms with E-state index in [1.807, 2.05) is 11.8 Å². The summed E-state index contributed by atoms with van der Waals surface area (Å²) in [5.74, 6) is 0.589. The van der Waals surface area contributed by atoms with Crippen LogP contribution in [-0.2, 0) is 22.4 Å². The van der Waals surface area contributed by atoms with Crippen molar-refractivity contribution >= 4 is 28.3 Å². The molecule has 154 valence electrons. The zero-order chi connectivity index (χ0) is 19.5. The van der Waals surface area contributed by atoms with Gasteiger partial charge in [0.2, 0.25) is 11.8 Å². The van der Waals surface area contributed by atoms with Gasteiger partial charge in [-0.25, -0.2) is 4.98 Å². The number of nitrogens with one attached hydrogen (secondary N) is 1. The fourth-order valence-electron chi connectivity index (χ4n) is 4.66. The molecule has 2 amide bonds. The van der Waals surface area contributed by atoms with E-state index in [9.17, 15) is 9.59 Å². The first-order chi connectivity index (χ1) is 13.6. The third-order valence-electron chi connectivity index (χ3n) is 6.46. The average Bonchev–Trinajstić information content (AvgIpc) is 3.17. The molecule has 0 radical (unpaired) electrons. The van der Waals surface area contributed by atoms with Crippen molar-refractivity contribution in [3.63, 3.8) is 0 Å². The van der Waals surface area contributed by atoms with E-state index in [-0.39, 0.29) is 17.7 Å². The highest BCUT2D eigenvalue weighted by molar-refractivity contribution is 7.15. The van der Waals surface area contributed by atoms with Gasteiger partial charge in [0.1, 0.15) is 0 Å². The van der Waals surface area contributed by atoms with Gasteiger partial charge < -0.3 is 15.1 Å². The molecule has 0 bridgehead atoms. The van der Waals surface area contributed by atoms with Crippen LogP contribution < -0.4 is 10.2 Å². The number of rotatable bonds is 4. The van der Waals surface area contributed by atoms with Crippen LogP contribution in [0, 0.1) is 5.92 Å². The minimum Gasteiger partial charge on any atom is -0.353 e. The van der Waals surface area contributed by atoms with Crippen LogP contribution >= 0.6 is 11.3 Å². The Balaban J connectivity index is 1.33. The van der Waals surface area contributed by atoms with Crippen molar-refractivity contribution in [3.8, 4) is 0 Å². The summed E-state index contributed by atoms with van der Waals surface area (Å²) in [6, 6.07) is 0.391. The van der Waals surface area contributed by atoms with Crippen molar-refractivity contribution in [2.75, 3.05) is 31.1 Å². The lowest BCUT2D eigenvalue weighted by Gasteiger charge is -2.34. The van der Waals surface area contributed by atoms with E-state index in [4.69, 9.17) is 4.98 Å². The molecule has 7 heteroatoms. The molecule has 0 unspecified atom stereocenters. The van der Waals surface area contributed by atoms with Crippen LogP contribution in [0.3, 0.4) is 0 Å². The van der Waals surface area contributed by atoms with Crippen molar-refractivity contribution in [1.29, 1.82) is 0 Å². The number of fused-ring (bicyclic) bond motifs is 1. The second kappa shape index (κ2) is 8.80. The number of carbonyl (C=O) groups excluding carboxylic acids is 2. The van der Waals surface area contributed by atoms with E-state index in [2.05, 4.69) is 10.2 Å². The summed E-state index contributed by atoms with van der Waals surface area (Å²) in [5.41, 5.74) is 1.19. The molecule has 6 nitrogen and oxygen atoms in total. The van der Waals surface area contributed by atoms with Crippen molar-refractivity contribution in [2.24, 2.45) is 5.92 Å². The number of nitrogens with zero attached hydrogens (tertiary/aromatic N) is 3. The number of aromatic nitrogens is 1. The van der Waals surface area contributed by atoms with Crippen molar-refractivity contribution in [1.82, 2.24) is 15.2 Å². The Morgan fingerprint density at radius 2 is 1.86 bits per heavy atom. The van der Waals surface area contributed by atoms with E-state index in [0.717, 1.165) is 63.4 Å². The third-order valence-corrected chi connectivity index (χ3v) is 7.64. The highest BCUT2D eigenvalue weighted by atomic mass is 32.1. The maximum Gasteiger partial charge on any atom is 0.223 e. The molecule has 1 saturated carbocycles. The Morgan fingerprint density at radius 1 is 1.11 bits per heavy atom. The Morgan fingerprint density at radius 3 is 2.57 bits per heavy atom. The lowest BCUT2D eigenvalue weighted by molar-refractivity contribution is -0.131. The van der Waals surface area contributed by atoms with Crippen LogP contribution in [0.1, 0.15) is 62.4 Å². The molecule has 2 aliphatic carbocycles. The second-order valence-electron chi connectivity index (χ2n) is 8.37. The summed E-state index contributed by atoms with van der Waals surface area (Å²) in [6.45, 7) is 5.19. The summed E-state index contributed by atoms with van der Waals surface area (Å²) < 4.78 is 0. The van der Waals surface area contributed by atoms with Gasteiger partial charge in [-0.2, -0.15) is 0 Å². The molecule has 1 atom stereocenters. The maximum absolute atomic E-state index is 12.7. The van der Waals surface area contributed by atoms with Crippen molar-refractivity contribution in [2.45, 2.75) is 70.8 Å². The molecule has 2 fully saturated rings. The predicted molar refractivity (Wildman–Crippen MR) is 112 cm³/mol. The SMILES string of the molecule is CCC(=O)N1CCN(c2nc3c(s2)C[C@H](C(=O)NC2CCCCC2)CC3)CC1. The van der Waals surface area contributed by atoms with Crippen LogP contribution in [0.25, 0.3) is 0 Å². The Kier molecular flexibility index (Phi) is 6.19. The monoisotopic (exact) mass is 404 g/mol. The van der Waals surface area contributed by atoms with E-state index in [1.165, 1.54) is 29.8 Å². The van der Waals surface area contributed by atoms with Gasteiger partial charge in [0, 0.05) is 49.4 Å². The molecule has 1 aromatic rings. The first-order valence-electron chi connectivity index (χ1n) is 11.0. The summed E-state index contributed by atoms with van der Waals surface area (Å²) in [5, 5.41) is 4.38. The molecule has 1 N–H and O–H groups in total. The molecule has 0 aromatic carbocycles. The lowest BCUT2D eigenvalue weighted by atomic mass is 9.89. The zero-order valence-electron chi connectivity index (χ0n) is 16.9. The van der Waals surface area contributed by atoms with Crippen molar-refractivity contribution in [3.05, 3.63) is 10.6 Å². The van der Waals surface area contributed by atoms with Crippen LogP contribution in [0.5, 0.6) is 0 Å². The minimum absolute atomic E-state index is 0.0988. The Hall–Kier alpha value is -1.63. The molecule has 3 aliphatic rings. The van der Waals surface area contributed by atoms with Gasteiger partial charge >= 0.3 is 0 Å². The van der Waals surface area contributed by atoms with E-state index >= 15 is 0 Å². The Bertz CT molecular complexity index is 705. The van der Waals surface area contributed by atoms with E-state index in [1.54, 1.807) is 11.3 Å². The normalized spacial score (nSPS) is 23.4. The van der Waals surface area contributed by atoms with E-state index < -0.39 is 0 Å². The van der Waals surface area contributed by atoms with Crippen LogP contribution in [0.2, 0.25) is 0 Å². The predicted octanol–water partition coefficient (Wildman–Crippen LogP) is 2.76. The molecule has 1 aromatic heterocycles. The number of thiazole rings is 1. The second-order valence-corrected chi connectivity index (χ2v) is 9.43. The summed E-state index contributed by atoms with van der Waals surface area (Å²) in [7, 11) is 0. The maximum atomic E-state index is 12.7. The zero-order valence-corrected chi connectivity index (χ0v) is 17.7. The molecular weight excluding hydrogens is 372 g/mol. The summed E-state index contributed by atoms with van der Waals surface area (Å²) in [6.07, 6.45) is 9.31. The fraction of sp³-hybridized carbons (Fsp3) is 0.762. The molecule has 4 rings (SSSR count). The highest BCUT2D eigenvalue weighted by Gasteiger charge is 2.30. The molecule has 0 spiro atoms. The van der Waals surface area contributed by atoms with E-state index in [0.29, 0.717) is 12.5 Å². The fourth-order valence-corrected chi connectivity index (χ4v) is 5.90. The molecule has 2 heterocycles. The Labute approximate surface area is 171 Å². The highest BCUT2D eigenvalue weighted by Crippen LogP contribution is 2.34. The number of hydrogen-bond donors (Lipinski definition) is 1. The van der Waals surface area contributed by atoms with Gasteiger partial charge in [-0.1, -0.05) is 26.2 Å². The number of anilines is 1. The molecule has 28 heavy (non-hydrogen) atoms. The first-order valence-corrected chi connectivity index (χ1v) is 11.8. The van der Waals surface area contributed by atoms with Gasteiger partial charge in [0.15, 0.2) is 5.13 Å². The molecule has 1 saturated heterocycles. The third kappa shape index (κ3) is 4.34. The van der Waals surface area contributed by atoms with Crippen LogP contribution in [0.4, 0.5) is 5.13 Å². The summed E-state index contributed by atoms with van der Waals surface area (Å²) >= 11 is 1.76. The largest absolute Gasteiger partial charge is 0.353 e. The van der Waals surface area contributed by atoms with Gasteiger partial charge in [-0.05, 0) is 32.1 Å². The number of amides is 2. The lowest BCUT2D eigenvalue weighted by Crippen LogP contribution is -2.48. The van der Waals surface area contributed by atoms with Crippen LogP contribution in [-0.4, -0.2) is 53.9 Å². The smallest absolute Gasteiger partial charge is 0.223 e. The molecule has 1 aliphatic heterocycles. The number of carbonyl (C=O) groups is 2. The standard InChI is InChI=1S/C21H32N4O2S/c1-2-19(26)24-10-12-25(13-11-24)21-23-17-9-8-15(14-18(17)28-21)20(27)22-16-6-4-3-5-7-16/h15-16H,2-14H2,1H3,(H,22,27)/t15-/m1/s1.